The topological polar surface area (TPSA) is 25.2 Å². The van der Waals surface area contributed by atoms with E-state index in [-0.39, 0.29) is 11.9 Å². The minimum atomic E-state index is -0.250. The van der Waals surface area contributed by atoms with Crippen molar-refractivity contribution in [1.29, 1.82) is 0 Å². The van der Waals surface area contributed by atoms with Crippen LogP contribution < -0.4 is 5.32 Å². The molecule has 2 aromatic heterocycles. The van der Waals surface area contributed by atoms with Crippen LogP contribution in [0.1, 0.15) is 16.7 Å². The van der Waals surface area contributed by atoms with Gasteiger partial charge in [0, 0.05) is 20.1 Å². The van der Waals surface area contributed by atoms with Crippen LogP contribution in [0.2, 0.25) is 0 Å². The largest absolute Gasteiger partial charge is 0.459 e. The van der Waals surface area contributed by atoms with Gasteiger partial charge in [-0.25, -0.2) is 4.39 Å². The Kier molecular flexibility index (Phi) is 3.43. The van der Waals surface area contributed by atoms with Gasteiger partial charge in [-0.2, -0.15) is 0 Å². The molecule has 3 aromatic rings. The van der Waals surface area contributed by atoms with Crippen molar-refractivity contribution in [3.05, 3.63) is 56.6 Å². The third-order valence-electron chi connectivity index (χ3n) is 2.94. The molecular formula is C14H11BrFNOS. The van der Waals surface area contributed by atoms with Gasteiger partial charge in [0.05, 0.1) is 0 Å². The summed E-state index contributed by atoms with van der Waals surface area (Å²) >= 11 is 5.10. The first-order valence-corrected chi connectivity index (χ1v) is 7.45. The van der Waals surface area contributed by atoms with Crippen molar-refractivity contribution in [1.82, 2.24) is 5.32 Å². The van der Waals surface area contributed by atoms with Crippen LogP contribution in [0.5, 0.6) is 0 Å². The first-order chi connectivity index (χ1) is 9.17. The molecule has 2 heterocycles. The molecule has 1 atom stereocenters. The summed E-state index contributed by atoms with van der Waals surface area (Å²) in [6, 6.07) is 8.47. The Morgan fingerprint density at radius 3 is 2.84 bits per heavy atom. The van der Waals surface area contributed by atoms with Crippen molar-refractivity contribution in [2.75, 3.05) is 7.05 Å². The molecule has 98 valence electrons. The van der Waals surface area contributed by atoms with Crippen LogP contribution in [-0.2, 0) is 0 Å². The standard InChI is InChI=1S/C14H11BrFNOS/c1-17-14(13-6-9(15)7-19-13)12-5-8-4-10(16)2-3-11(8)18-12/h2-7,14,17H,1H3. The molecule has 0 saturated carbocycles. The van der Waals surface area contributed by atoms with Crippen LogP contribution in [0.25, 0.3) is 11.0 Å². The normalized spacial score (nSPS) is 13.0. The van der Waals surface area contributed by atoms with E-state index in [2.05, 4.69) is 27.3 Å². The van der Waals surface area contributed by atoms with Crippen molar-refractivity contribution in [3.63, 3.8) is 0 Å². The predicted molar refractivity (Wildman–Crippen MR) is 79.1 cm³/mol. The first kappa shape index (κ1) is 12.8. The second-order valence-electron chi connectivity index (χ2n) is 4.22. The maximum Gasteiger partial charge on any atom is 0.134 e. The highest BCUT2D eigenvalue weighted by Crippen LogP contribution is 2.33. The molecule has 0 aliphatic carbocycles. The highest BCUT2D eigenvalue weighted by Gasteiger charge is 2.18. The van der Waals surface area contributed by atoms with Gasteiger partial charge in [0.2, 0.25) is 0 Å². The molecule has 0 bridgehead atoms. The maximum atomic E-state index is 13.2. The molecule has 1 aromatic carbocycles. The molecule has 2 nitrogen and oxygen atoms in total. The van der Waals surface area contributed by atoms with Crippen LogP contribution >= 0.6 is 27.3 Å². The average Bonchev–Trinajstić information content (AvgIpc) is 2.96. The molecule has 1 N–H and O–H groups in total. The molecule has 3 rings (SSSR count). The SMILES string of the molecule is CNC(c1cc2cc(F)ccc2o1)c1cc(Br)cs1. The van der Waals surface area contributed by atoms with E-state index in [0.29, 0.717) is 5.58 Å². The fraction of sp³-hybridized carbons (Fsp3) is 0.143. The minimum absolute atomic E-state index is 0.0215. The van der Waals surface area contributed by atoms with Gasteiger partial charge in [0.25, 0.3) is 0 Å². The monoisotopic (exact) mass is 339 g/mol. The molecule has 0 fully saturated rings. The van der Waals surface area contributed by atoms with Crippen LogP contribution in [0.3, 0.4) is 0 Å². The van der Waals surface area contributed by atoms with Gasteiger partial charge in [-0.3, -0.25) is 0 Å². The van der Waals surface area contributed by atoms with Gasteiger partial charge in [-0.1, -0.05) is 0 Å². The highest BCUT2D eigenvalue weighted by molar-refractivity contribution is 9.10. The molecular weight excluding hydrogens is 329 g/mol. The smallest absolute Gasteiger partial charge is 0.134 e. The molecule has 5 heteroatoms. The third-order valence-corrected chi connectivity index (χ3v) is 4.70. The van der Waals surface area contributed by atoms with E-state index in [4.69, 9.17) is 4.42 Å². The summed E-state index contributed by atoms with van der Waals surface area (Å²) in [5.41, 5.74) is 0.701. The van der Waals surface area contributed by atoms with Crippen LogP contribution in [-0.4, -0.2) is 7.05 Å². The quantitative estimate of drug-likeness (QED) is 0.747. The summed E-state index contributed by atoms with van der Waals surface area (Å²) in [5, 5.41) is 6.04. The van der Waals surface area contributed by atoms with Crippen molar-refractivity contribution in [3.8, 4) is 0 Å². The van der Waals surface area contributed by atoms with Crippen molar-refractivity contribution >= 4 is 38.2 Å². The fourth-order valence-corrected chi connectivity index (χ4v) is 3.64. The van der Waals surface area contributed by atoms with Gasteiger partial charge < -0.3 is 9.73 Å². The number of hydrogen-bond donors (Lipinski definition) is 1. The average molecular weight is 340 g/mol. The molecule has 0 spiro atoms. The Bertz CT molecular complexity index is 721. The van der Waals surface area contributed by atoms with Crippen LogP contribution in [0, 0.1) is 5.82 Å². The second kappa shape index (κ2) is 5.07. The number of furan rings is 1. The van der Waals surface area contributed by atoms with Gasteiger partial charge >= 0.3 is 0 Å². The number of hydrogen-bond acceptors (Lipinski definition) is 3. The maximum absolute atomic E-state index is 13.2. The third kappa shape index (κ3) is 2.45. The Balaban J connectivity index is 2.06. The number of nitrogens with one attached hydrogen (secondary N) is 1. The molecule has 1 unspecified atom stereocenters. The summed E-state index contributed by atoms with van der Waals surface area (Å²) in [6.45, 7) is 0. The molecule has 0 aliphatic heterocycles. The number of benzene rings is 1. The number of fused-ring (bicyclic) bond motifs is 1. The van der Waals surface area contributed by atoms with E-state index < -0.39 is 0 Å². The summed E-state index contributed by atoms with van der Waals surface area (Å²) in [4.78, 5) is 1.15. The van der Waals surface area contributed by atoms with Crippen molar-refractivity contribution < 1.29 is 8.81 Å². The second-order valence-corrected chi connectivity index (χ2v) is 6.08. The minimum Gasteiger partial charge on any atom is -0.459 e. The van der Waals surface area contributed by atoms with Gasteiger partial charge in [-0.05, 0) is 53.3 Å². The molecule has 0 saturated heterocycles. The zero-order chi connectivity index (χ0) is 13.4. The fourth-order valence-electron chi connectivity index (χ4n) is 2.08. The molecule has 0 aliphatic rings. The number of halogens is 2. The van der Waals surface area contributed by atoms with Crippen molar-refractivity contribution in [2.24, 2.45) is 0 Å². The van der Waals surface area contributed by atoms with E-state index in [1.54, 1.807) is 17.4 Å². The Morgan fingerprint density at radius 1 is 1.32 bits per heavy atom. The lowest BCUT2D eigenvalue weighted by atomic mass is 10.1. The van der Waals surface area contributed by atoms with Gasteiger partial charge in [0.1, 0.15) is 23.2 Å². The van der Waals surface area contributed by atoms with Crippen LogP contribution in [0.4, 0.5) is 4.39 Å². The van der Waals surface area contributed by atoms with Crippen LogP contribution in [0.15, 0.2) is 44.6 Å². The number of thiophene rings is 1. The lowest BCUT2D eigenvalue weighted by Crippen LogP contribution is -2.15. The predicted octanol–water partition coefficient (Wildman–Crippen LogP) is 4.70. The highest BCUT2D eigenvalue weighted by atomic mass is 79.9. The van der Waals surface area contributed by atoms with E-state index in [0.717, 1.165) is 20.5 Å². The Morgan fingerprint density at radius 2 is 2.16 bits per heavy atom. The lowest BCUT2D eigenvalue weighted by molar-refractivity contribution is 0.495. The lowest BCUT2D eigenvalue weighted by Gasteiger charge is -2.10. The van der Waals surface area contributed by atoms with E-state index in [1.165, 1.54) is 12.1 Å². The zero-order valence-electron chi connectivity index (χ0n) is 10.1. The first-order valence-electron chi connectivity index (χ1n) is 5.77. The zero-order valence-corrected chi connectivity index (χ0v) is 12.5. The molecule has 0 amide bonds. The van der Waals surface area contributed by atoms with E-state index in [1.807, 2.05) is 18.5 Å². The summed E-state index contributed by atoms with van der Waals surface area (Å²) in [5.74, 6) is 0.539. The van der Waals surface area contributed by atoms with E-state index >= 15 is 0 Å². The molecule has 19 heavy (non-hydrogen) atoms. The van der Waals surface area contributed by atoms with Gasteiger partial charge in [0.15, 0.2) is 0 Å². The summed E-state index contributed by atoms with van der Waals surface area (Å²) in [7, 11) is 1.88. The van der Waals surface area contributed by atoms with Crippen molar-refractivity contribution in [2.45, 2.75) is 6.04 Å². The Hall–Kier alpha value is -1.17. The molecule has 0 radical (unpaired) electrons. The van der Waals surface area contributed by atoms with E-state index in [9.17, 15) is 4.39 Å². The summed E-state index contributed by atoms with van der Waals surface area (Å²) < 4.78 is 20.0. The summed E-state index contributed by atoms with van der Waals surface area (Å²) in [6.07, 6.45) is 0. The number of rotatable bonds is 3. The Labute approximate surface area is 122 Å². The van der Waals surface area contributed by atoms with Gasteiger partial charge in [-0.15, -0.1) is 11.3 Å².